The molecule has 0 saturated carbocycles. The maximum Gasteiger partial charge on any atom is 1.00 e. The summed E-state index contributed by atoms with van der Waals surface area (Å²) in [6.07, 6.45) is -0.940. The molecule has 0 radical (unpaired) electrons. The van der Waals surface area contributed by atoms with Crippen molar-refractivity contribution in [1.29, 1.82) is 0 Å². The average molecular weight is 382 g/mol. The van der Waals surface area contributed by atoms with Crippen molar-refractivity contribution < 1.29 is 158 Å². The SMILES string of the molecule is O=C([O-])CCC(=O)[O-].[Cs+].[Cs+]. The van der Waals surface area contributed by atoms with Gasteiger partial charge in [-0.25, -0.2) is 0 Å². The van der Waals surface area contributed by atoms with Gasteiger partial charge in [0.1, 0.15) is 0 Å². The van der Waals surface area contributed by atoms with Crippen LogP contribution in [0.2, 0.25) is 0 Å². The van der Waals surface area contributed by atoms with Gasteiger partial charge in [-0.3, -0.25) is 0 Å². The van der Waals surface area contributed by atoms with Crippen LogP contribution in [0.1, 0.15) is 12.8 Å². The summed E-state index contributed by atoms with van der Waals surface area (Å²) in [5.41, 5.74) is 0. The van der Waals surface area contributed by atoms with Crippen LogP contribution in [0, 0.1) is 0 Å². The molecule has 0 bridgehead atoms. The van der Waals surface area contributed by atoms with Gasteiger partial charge >= 0.3 is 138 Å². The summed E-state index contributed by atoms with van der Waals surface area (Å²) in [7, 11) is 0. The first-order valence-corrected chi connectivity index (χ1v) is 2.02. The van der Waals surface area contributed by atoms with Crippen molar-refractivity contribution in [1.82, 2.24) is 0 Å². The molecule has 0 N–H and O–H groups in total. The Bertz CT molecular complexity index is 99.8. The zero-order valence-electron chi connectivity index (χ0n) is 6.05. The smallest absolute Gasteiger partial charge is 0.550 e. The molecule has 0 aromatic rings. The third kappa shape index (κ3) is 17.2. The summed E-state index contributed by atoms with van der Waals surface area (Å²) in [6.45, 7) is 0. The number of rotatable bonds is 3. The van der Waals surface area contributed by atoms with Crippen molar-refractivity contribution in [2.75, 3.05) is 0 Å². The Balaban J connectivity index is -0.000000245. The topological polar surface area (TPSA) is 80.3 Å². The van der Waals surface area contributed by atoms with Crippen molar-refractivity contribution in [2.24, 2.45) is 0 Å². The van der Waals surface area contributed by atoms with Crippen molar-refractivity contribution in [3.05, 3.63) is 0 Å². The third-order valence-electron chi connectivity index (χ3n) is 0.533. The molecule has 0 unspecified atom stereocenters. The van der Waals surface area contributed by atoms with Gasteiger partial charge in [0.2, 0.25) is 0 Å². The van der Waals surface area contributed by atoms with Gasteiger partial charge in [0.05, 0.1) is 0 Å². The molecule has 0 spiro atoms. The van der Waals surface area contributed by atoms with Crippen LogP contribution >= 0.6 is 0 Å². The molecule has 0 saturated heterocycles. The zero-order valence-corrected chi connectivity index (χ0v) is 18.6. The first-order chi connectivity index (χ1) is 3.63. The molecule has 46 valence electrons. The fraction of sp³-hybridized carbons (Fsp3) is 0.500. The number of aliphatic carboxylic acids is 2. The quantitative estimate of drug-likeness (QED) is 0.486. The van der Waals surface area contributed by atoms with E-state index >= 15 is 0 Å². The fourth-order valence-corrected chi connectivity index (χ4v) is 0.204. The van der Waals surface area contributed by atoms with Crippen LogP contribution in [0.25, 0.3) is 0 Å². The second-order valence-corrected chi connectivity index (χ2v) is 1.24. The van der Waals surface area contributed by atoms with Crippen LogP contribution in [0.5, 0.6) is 0 Å². The minimum Gasteiger partial charge on any atom is -0.550 e. The maximum atomic E-state index is 9.50. The molecule has 10 heavy (non-hydrogen) atoms. The van der Waals surface area contributed by atoms with E-state index in [4.69, 9.17) is 0 Å². The first kappa shape index (κ1) is 18.8. The predicted molar refractivity (Wildman–Crippen MR) is 19.2 cm³/mol. The Morgan fingerprint density at radius 2 is 1.10 bits per heavy atom. The summed E-state index contributed by atoms with van der Waals surface area (Å²) >= 11 is 0. The summed E-state index contributed by atoms with van der Waals surface area (Å²) in [5, 5.41) is 19.0. The molecule has 0 aliphatic heterocycles. The van der Waals surface area contributed by atoms with E-state index < -0.39 is 24.8 Å². The van der Waals surface area contributed by atoms with E-state index in [1.54, 1.807) is 0 Å². The predicted octanol–water partition coefficient (Wildman–Crippen LogP) is -8.73. The molecule has 0 amide bonds. The molecule has 0 aliphatic carbocycles. The Morgan fingerprint density at radius 3 is 1.20 bits per heavy atom. The van der Waals surface area contributed by atoms with Gasteiger partial charge in [-0.1, -0.05) is 0 Å². The molecule has 6 heteroatoms. The van der Waals surface area contributed by atoms with Crippen LogP contribution < -0.4 is 148 Å². The molecule has 0 aliphatic rings. The minimum atomic E-state index is -1.37. The van der Waals surface area contributed by atoms with E-state index in [1.807, 2.05) is 0 Å². The number of hydrogen-bond acceptors (Lipinski definition) is 4. The molecular formula is C4H4Cs2O4. The van der Waals surface area contributed by atoms with Crippen LogP contribution in [0.3, 0.4) is 0 Å². The van der Waals surface area contributed by atoms with E-state index in [9.17, 15) is 19.8 Å². The largest absolute Gasteiger partial charge is 1.00 e. The summed E-state index contributed by atoms with van der Waals surface area (Å²) in [6, 6.07) is 0. The van der Waals surface area contributed by atoms with E-state index in [1.165, 1.54) is 0 Å². The van der Waals surface area contributed by atoms with Crippen LogP contribution in [0.15, 0.2) is 0 Å². The normalized spacial score (nSPS) is 6.80. The number of carboxylic acids is 2. The van der Waals surface area contributed by atoms with Crippen molar-refractivity contribution in [2.45, 2.75) is 12.8 Å². The summed E-state index contributed by atoms with van der Waals surface area (Å²) < 4.78 is 0. The van der Waals surface area contributed by atoms with E-state index in [-0.39, 0.29) is 138 Å². The molecule has 4 nitrogen and oxygen atoms in total. The third-order valence-corrected chi connectivity index (χ3v) is 0.533. The maximum absolute atomic E-state index is 9.50. The van der Waals surface area contributed by atoms with Crippen LogP contribution in [-0.4, -0.2) is 11.9 Å². The molecule has 0 atom stereocenters. The average Bonchev–Trinajstić information content (AvgIpc) is 1.61. The Morgan fingerprint density at radius 1 is 0.900 bits per heavy atom. The fourth-order valence-electron chi connectivity index (χ4n) is 0.204. The van der Waals surface area contributed by atoms with E-state index in [0.29, 0.717) is 0 Å². The van der Waals surface area contributed by atoms with Gasteiger partial charge in [-0.05, 0) is 12.8 Å². The minimum absolute atomic E-state index is 0. The molecule has 0 heterocycles. The van der Waals surface area contributed by atoms with Crippen LogP contribution in [-0.2, 0) is 9.59 Å². The van der Waals surface area contributed by atoms with Gasteiger partial charge in [-0.15, -0.1) is 0 Å². The van der Waals surface area contributed by atoms with E-state index in [0.717, 1.165) is 0 Å². The Hall–Kier alpha value is 3.04. The number of hydrogen-bond donors (Lipinski definition) is 0. The number of carboxylic acid groups (broad SMARTS) is 2. The first-order valence-electron chi connectivity index (χ1n) is 2.02. The van der Waals surface area contributed by atoms with Gasteiger partial charge < -0.3 is 19.8 Å². The van der Waals surface area contributed by atoms with Gasteiger partial charge in [0, 0.05) is 11.9 Å². The Kier molecular flexibility index (Phi) is 22.6. The van der Waals surface area contributed by atoms with Crippen molar-refractivity contribution in [3.63, 3.8) is 0 Å². The van der Waals surface area contributed by atoms with Crippen molar-refractivity contribution in [3.8, 4) is 0 Å². The van der Waals surface area contributed by atoms with Gasteiger partial charge in [0.25, 0.3) is 0 Å². The second kappa shape index (κ2) is 12.0. The summed E-state index contributed by atoms with van der Waals surface area (Å²) in [4.78, 5) is 19.0. The van der Waals surface area contributed by atoms with Crippen LogP contribution in [0.4, 0.5) is 0 Å². The zero-order chi connectivity index (χ0) is 6.57. The molecule has 0 aromatic carbocycles. The summed E-state index contributed by atoms with van der Waals surface area (Å²) in [5.74, 6) is -2.73. The van der Waals surface area contributed by atoms with E-state index in [2.05, 4.69) is 0 Å². The molecular weight excluding hydrogens is 378 g/mol. The molecule has 0 rings (SSSR count). The van der Waals surface area contributed by atoms with Gasteiger partial charge in [0.15, 0.2) is 0 Å². The molecule has 0 fully saturated rings. The number of carbonyl (C=O) groups is 2. The number of carbonyl (C=O) groups excluding carboxylic acids is 2. The van der Waals surface area contributed by atoms with Crippen molar-refractivity contribution >= 4 is 11.9 Å². The molecule has 0 aromatic heterocycles. The second-order valence-electron chi connectivity index (χ2n) is 1.24. The van der Waals surface area contributed by atoms with Gasteiger partial charge in [-0.2, -0.15) is 0 Å². The Labute approximate surface area is 176 Å². The monoisotopic (exact) mass is 382 g/mol. The standard InChI is InChI=1S/C4H6O4.2Cs/c5-3(6)1-2-4(7)8;;/h1-2H2,(H,5,6)(H,7,8);;/q;2*+1/p-2.